The largest absolute Gasteiger partial charge is 0.379 e. The van der Waals surface area contributed by atoms with E-state index in [0.717, 1.165) is 12.1 Å². The number of methoxy groups -OCH3 is 1. The number of hydrogen-bond donors (Lipinski definition) is 2. The highest BCUT2D eigenvalue weighted by atomic mass is 32.2. The number of carbonyl (C=O) groups excluding carboxylic acids is 1. The number of anilines is 1. The minimum absolute atomic E-state index is 0.0904. The molecular formula is C15H24N2O2S2. The van der Waals surface area contributed by atoms with Crippen molar-refractivity contribution in [3.8, 4) is 0 Å². The first-order valence-corrected chi connectivity index (χ1v) is 8.98. The van der Waals surface area contributed by atoms with Gasteiger partial charge < -0.3 is 15.4 Å². The minimum Gasteiger partial charge on any atom is -0.379 e. The molecule has 2 rings (SSSR count). The van der Waals surface area contributed by atoms with Crippen molar-refractivity contribution in [1.29, 1.82) is 0 Å². The molecule has 0 aromatic carbocycles. The van der Waals surface area contributed by atoms with Crippen molar-refractivity contribution in [3.05, 3.63) is 10.9 Å². The van der Waals surface area contributed by atoms with Crippen LogP contribution in [0.15, 0.2) is 10.3 Å². The molecule has 6 heteroatoms. The van der Waals surface area contributed by atoms with Crippen LogP contribution in [0.25, 0.3) is 0 Å². The van der Waals surface area contributed by atoms with Crippen LogP contribution in [-0.4, -0.2) is 30.4 Å². The standard InChI is InChI=1S/C15H24N2O2S2/c1-9(7-15(3,4)19-5)16-10(2)12-6-11-14(21-12)20-8-13(18)17-11/h6,9-10,16H,7-8H2,1-5H3,(H,17,18)/t9-,10+/m1/s1. The Hall–Kier alpha value is -0.560. The third kappa shape index (κ3) is 4.45. The second kappa shape index (κ2) is 6.69. The monoisotopic (exact) mass is 328 g/mol. The molecule has 2 atom stereocenters. The number of rotatable bonds is 6. The number of fused-ring (bicyclic) bond motifs is 1. The number of amides is 1. The van der Waals surface area contributed by atoms with E-state index < -0.39 is 0 Å². The molecule has 0 saturated carbocycles. The quantitative estimate of drug-likeness (QED) is 0.837. The van der Waals surface area contributed by atoms with Crippen molar-refractivity contribution in [2.75, 3.05) is 18.2 Å². The van der Waals surface area contributed by atoms with Gasteiger partial charge in [0.2, 0.25) is 5.91 Å². The average Bonchev–Trinajstić information content (AvgIpc) is 2.81. The van der Waals surface area contributed by atoms with Crippen LogP contribution < -0.4 is 10.6 Å². The summed E-state index contributed by atoms with van der Waals surface area (Å²) in [4.78, 5) is 12.7. The van der Waals surface area contributed by atoms with Crippen LogP contribution in [0, 0.1) is 0 Å². The molecular weight excluding hydrogens is 304 g/mol. The van der Waals surface area contributed by atoms with Crippen molar-refractivity contribution in [2.24, 2.45) is 0 Å². The Bertz CT molecular complexity index is 514. The summed E-state index contributed by atoms with van der Waals surface area (Å²) in [6.45, 7) is 8.55. The number of hydrogen-bond acceptors (Lipinski definition) is 5. The van der Waals surface area contributed by atoms with E-state index in [1.54, 1.807) is 30.2 Å². The summed E-state index contributed by atoms with van der Waals surface area (Å²) in [6.07, 6.45) is 0.949. The molecule has 21 heavy (non-hydrogen) atoms. The Kier molecular flexibility index (Phi) is 5.35. The van der Waals surface area contributed by atoms with Crippen LogP contribution in [0.4, 0.5) is 5.69 Å². The number of thioether (sulfide) groups is 1. The maximum atomic E-state index is 11.4. The Morgan fingerprint density at radius 2 is 2.19 bits per heavy atom. The third-order valence-corrected chi connectivity index (χ3v) is 6.24. The molecule has 1 aliphatic heterocycles. The molecule has 2 heterocycles. The zero-order valence-electron chi connectivity index (χ0n) is 13.3. The highest BCUT2D eigenvalue weighted by molar-refractivity contribution is 8.02. The summed E-state index contributed by atoms with van der Waals surface area (Å²) in [5, 5.41) is 6.55. The molecule has 0 spiro atoms. The molecule has 1 aromatic rings. The topological polar surface area (TPSA) is 50.4 Å². The van der Waals surface area contributed by atoms with Gasteiger partial charge in [0.05, 0.1) is 21.3 Å². The SMILES string of the molecule is COC(C)(C)C[C@@H](C)N[C@@H](C)c1cc2c(s1)SCC(=O)N2. The van der Waals surface area contributed by atoms with Crippen molar-refractivity contribution < 1.29 is 9.53 Å². The van der Waals surface area contributed by atoms with E-state index in [9.17, 15) is 4.79 Å². The summed E-state index contributed by atoms with van der Waals surface area (Å²) in [7, 11) is 1.75. The lowest BCUT2D eigenvalue weighted by Gasteiger charge is -2.28. The number of nitrogens with one attached hydrogen (secondary N) is 2. The van der Waals surface area contributed by atoms with E-state index in [4.69, 9.17) is 4.74 Å². The van der Waals surface area contributed by atoms with Gasteiger partial charge in [-0.1, -0.05) is 0 Å². The van der Waals surface area contributed by atoms with E-state index >= 15 is 0 Å². The highest BCUT2D eigenvalue weighted by Gasteiger charge is 2.24. The van der Waals surface area contributed by atoms with Gasteiger partial charge in [-0.25, -0.2) is 0 Å². The Balaban J connectivity index is 1.97. The van der Waals surface area contributed by atoms with Crippen molar-refractivity contribution in [1.82, 2.24) is 5.32 Å². The van der Waals surface area contributed by atoms with E-state index in [2.05, 4.69) is 44.4 Å². The van der Waals surface area contributed by atoms with Gasteiger partial charge in [0, 0.05) is 24.1 Å². The number of ether oxygens (including phenoxy) is 1. The summed E-state index contributed by atoms with van der Waals surface area (Å²) in [5.41, 5.74) is 0.847. The van der Waals surface area contributed by atoms with Gasteiger partial charge in [-0.2, -0.15) is 0 Å². The molecule has 0 bridgehead atoms. The Morgan fingerprint density at radius 3 is 2.86 bits per heavy atom. The number of thiophene rings is 1. The Labute approximate surface area is 135 Å². The number of carbonyl (C=O) groups is 1. The zero-order valence-corrected chi connectivity index (χ0v) is 14.9. The predicted molar refractivity (Wildman–Crippen MR) is 90.4 cm³/mol. The summed E-state index contributed by atoms with van der Waals surface area (Å²) in [5.74, 6) is 0.611. The van der Waals surface area contributed by atoms with Crippen LogP contribution in [0.1, 0.15) is 45.0 Å². The van der Waals surface area contributed by atoms with Gasteiger partial charge in [0.25, 0.3) is 0 Å². The molecule has 0 saturated heterocycles. The molecule has 0 aliphatic carbocycles. The average molecular weight is 329 g/mol. The van der Waals surface area contributed by atoms with E-state index in [-0.39, 0.29) is 17.6 Å². The van der Waals surface area contributed by atoms with Crippen LogP contribution >= 0.6 is 23.1 Å². The fourth-order valence-corrected chi connectivity index (χ4v) is 4.66. The summed E-state index contributed by atoms with van der Waals surface area (Å²) in [6, 6.07) is 2.72. The zero-order chi connectivity index (χ0) is 15.6. The van der Waals surface area contributed by atoms with E-state index in [1.165, 1.54) is 9.09 Å². The summed E-state index contributed by atoms with van der Waals surface area (Å²) >= 11 is 3.39. The molecule has 1 aromatic heterocycles. The van der Waals surface area contributed by atoms with Crippen LogP contribution in [0.3, 0.4) is 0 Å². The van der Waals surface area contributed by atoms with Gasteiger partial charge in [-0.15, -0.1) is 23.1 Å². The van der Waals surface area contributed by atoms with E-state index in [1.807, 2.05) is 0 Å². The molecule has 1 amide bonds. The molecule has 0 fully saturated rings. The van der Waals surface area contributed by atoms with Gasteiger partial charge in [-0.3, -0.25) is 4.79 Å². The molecule has 1 aliphatic rings. The second-order valence-corrected chi connectivity index (χ2v) is 8.47. The predicted octanol–water partition coefficient (Wildman–Crippen LogP) is 3.65. The first-order chi connectivity index (χ1) is 9.80. The van der Waals surface area contributed by atoms with Gasteiger partial charge in [-0.05, 0) is 40.2 Å². The van der Waals surface area contributed by atoms with Gasteiger partial charge >= 0.3 is 0 Å². The Morgan fingerprint density at radius 1 is 1.48 bits per heavy atom. The molecule has 0 unspecified atom stereocenters. The first kappa shape index (κ1) is 16.8. The molecule has 0 radical (unpaired) electrons. The fourth-order valence-electron chi connectivity index (χ4n) is 2.51. The van der Waals surface area contributed by atoms with E-state index in [0.29, 0.717) is 11.8 Å². The second-order valence-electron chi connectivity index (χ2n) is 6.14. The van der Waals surface area contributed by atoms with Crippen molar-refractivity contribution in [2.45, 2.75) is 56.0 Å². The van der Waals surface area contributed by atoms with Gasteiger partial charge in [0.1, 0.15) is 0 Å². The van der Waals surface area contributed by atoms with Crippen LogP contribution in [-0.2, 0) is 9.53 Å². The lowest BCUT2D eigenvalue weighted by molar-refractivity contribution is -0.113. The first-order valence-electron chi connectivity index (χ1n) is 7.18. The lowest BCUT2D eigenvalue weighted by atomic mass is 9.99. The minimum atomic E-state index is -0.120. The highest BCUT2D eigenvalue weighted by Crippen LogP contribution is 2.41. The molecule has 118 valence electrons. The molecule has 4 nitrogen and oxygen atoms in total. The van der Waals surface area contributed by atoms with Gasteiger partial charge in [0.15, 0.2) is 0 Å². The third-order valence-electron chi connectivity index (χ3n) is 3.64. The maximum absolute atomic E-state index is 11.4. The van der Waals surface area contributed by atoms with Crippen LogP contribution in [0.2, 0.25) is 0 Å². The molecule has 2 N–H and O–H groups in total. The summed E-state index contributed by atoms with van der Waals surface area (Å²) < 4.78 is 6.70. The van der Waals surface area contributed by atoms with Crippen LogP contribution in [0.5, 0.6) is 0 Å². The smallest absolute Gasteiger partial charge is 0.234 e. The van der Waals surface area contributed by atoms with Crippen molar-refractivity contribution >= 4 is 34.7 Å². The lowest BCUT2D eigenvalue weighted by Crippen LogP contribution is -2.36. The fraction of sp³-hybridized carbons (Fsp3) is 0.667. The maximum Gasteiger partial charge on any atom is 0.234 e. The normalized spacial score (nSPS) is 18.0. The van der Waals surface area contributed by atoms with Crippen molar-refractivity contribution in [3.63, 3.8) is 0 Å².